The second-order valence-electron chi connectivity index (χ2n) is 6.98. The molecule has 1 saturated carbocycles. The summed E-state index contributed by atoms with van der Waals surface area (Å²) in [7, 11) is 3.22. The van der Waals surface area contributed by atoms with Gasteiger partial charge in [0.25, 0.3) is 0 Å². The second-order valence-corrected chi connectivity index (χ2v) is 6.98. The normalized spacial score (nSPS) is 20.3. The van der Waals surface area contributed by atoms with Crippen molar-refractivity contribution in [2.75, 3.05) is 33.8 Å². The molecule has 2 fully saturated rings. The van der Waals surface area contributed by atoms with Crippen molar-refractivity contribution in [2.45, 2.75) is 31.1 Å². The quantitative estimate of drug-likeness (QED) is 0.516. The average molecular weight is 347 g/mol. The van der Waals surface area contributed by atoms with E-state index in [1.165, 1.54) is 13.2 Å². The van der Waals surface area contributed by atoms with Crippen LogP contribution in [0.15, 0.2) is 29.3 Å². The maximum atomic E-state index is 13.5. The number of likely N-dealkylation sites (tertiary alicyclic amines) is 1. The van der Waals surface area contributed by atoms with Gasteiger partial charge in [-0.1, -0.05) is 12.1 Å². The summed E-state index contributed by atoms with van der Waals surface area (Å²) in [5.74, 6) is 0.538. The summed E-state index contributed by atoms with van der Waals surface area (Å²) < 4.78 is 18.4. The number of methoxy groups -OCH3 is 1. The monoisotopic (exact) mass is 347 g/mol. The SMILES string of the molecule is CN=C(NCC1(c2cccc(F)c2)CC1)N1CCC(C(=O)OC)CC1. The van der Waals surface area contributed by atoms with Gasteiger partial charge >= 0.3 is 5.97 Å². The number of aliphatic imine (C=N–C) groups is 1. The molecule has 0 bridgehead atoms. The Bertz CT molecular complexity index is 650. The molecule has 5 nitrogen and oxygen atoms in total. The Morgan fingerprint density at radius 3 is 2.68 bits per heavy atom. The average Bonchev–Trinajstić information content (AvgIpc) is 3.43. The lowest BCUT2D eigenvalue weighted by molar-refractivity contribution is -0.146. The first-order valence-electron chi connectivity index (χ1n) is 8.87. The molecule has 2 aliphatic rings. The van der Waals surface area contributed by atoms with Crippen molar-refractivity contribution in [2.24, 2.45) is 10.9 Å². The van der Waals surface area contributed by atoms with Crippen molar-refractivity contribution in [1.82, 2.24) is 10.2 Å². The Labute approximate surface area is 148 Å². The number of benzene rings is 1. The van der Waals surface area contributed by atoms with Gasteiger partial charge in [0.2, 0.25) is 0 Å². The summed E-state index contributed by atoms with van der Waals surface area (Å²) >= 11 is 0. The van der Waals surface area contributed by atoms with E-state index in [2.05, 4.69) is 15.2 Å². The lowest BCUT2D eigenvalue weighted by Crippen LogP contribution is -2.48. The first kappa shape index (κ1) is 17.7. The molecule has 1 saturated heterocycles. The molecule has 0 spiro atoms. The summed E-state index contributed by atoms with van der Waals surface area (Å²) in [6.07, 6.45) is 3.68. The minimum atomic E-state index is -0.182. The van der Waals surface area contributed by atoms with Crippen LogP contribution < -0.4 is 5.32 Å². The lowest BCUT2D eigenvalue weighted by atomic mass is 9.95. The van der Waals surface area contributed by atoms with Crippen molar-refractivity contribution in [3.05, 3.63) is 35.6 Å². The molecule has 0 unspecified atom stereocenters. The van der Waals surface area contributed by atoms with Gasteiger partial charge in [-0.05, 0) is 43.4 Å². The standard InChI is InChI=1S/C19H26FN3O2/c1-21-18(23-10-6-14(7-11-23)17(24)25-2)22-13-19(8-9-19)15-4-3-5-16(20)12-15/h3-5,12,14H,6-11,13H2,1-2H3,(H,21,22). The first-order chi connectivity index (χ1) is 12.1. The summed E-state index contributed by atoms with van der Waals surface area (Å²) in [5, 5.41) is 3.46. The second kappa shape index (κ2) is 7.42. The van der Waals surface area contributed by atoms with Crippen LogP contribution in [-0.2, 0) is 14.9 Å². The molecule has 0 aromatic heterocycles. The molecule has 1 aliphatic carbocycles. The van der Waals surface area contributed by atoms with Crippen LogP contribution in [0, 0.1) is 11.7 Å². The Kier molecular flexibility index (Phi) is 5.25. The Morgan fingerprint density at radius 1 is 1.40 bits per heavy atom. The number of esters is 1. The molecule has 1 N–H and O–H groups in total. The molecule has 136 valence electrons. The summed E-state index contributed by atoms with van der Waals surface area (Å²) in [6.45, 7) is 2.32. The highest BCUT2D eigenvalue weighted by Gasteiger charge is 2.44. The van der Waals surface area contributed by atoms with Gasteiger partial charge in [0.1, 0.15) is 5.82 Å². The van der Waals surface area contributed by atoms with Crippen LogP contribution in [0.4, 0.5) is 4.39 Å². The smallest absolute Gasteiger partial charge is 0.308 e. The van der Waals surface area contributed by atoms with Crippen molar-refractivity contribution in [3.63, 3.8) is 0 Å². The fraction of sp³-hybridized carbons (Fsp3) is 0.579. The number of nitrogens with zero attached hydrogens (tertiary/aromatic N) is 2. The van der Waals surface area contributed by atoms with E-state index < -0.39 is 0 Å². The van der Waals surface area contributed by atoms with Crippen LogP contribution >= 0.6 is 0 Å². The van der Waals surface area contributed by atoms with Gasteiger partial charge in [0.15, 0.2) is 5.96 Å². The number of halogens is 1. The van der Waals surface area contributed by atoms with E-state index in [0.29, 0.717) is 0 Å². The van der Waals surface area contributed by atoms with E-state index >= 15 is 0 Å². The van der Waals surface area contributed by atoms with Crippen LogP contribution in [-0.4, -0.2) is 50.6 Å². The molecule has 1 aromatic carbocycles. The maximum absolute atomic E-state index is 13.5. The number of hydrogen-bond donors (Lipinski definition) is 1. The fourth-order valence-corrected chi connectivity index (χ4v) is 3.61. The molecule has 25 heavy (non-hydrogen) atoms. The molecular formula is C19H26FN3O2. The van der Waals surface area contributed by atoms with Gasteiger partial charge in [0.05, 0.1) is 13.0 Å². The topological polar surface area (TPSA) is 53.9 Å². The summed E-state index contributed by atoms with van der Waals surface area (Å²) in [4.78, 5) is 18.2. The Balaban J connectivity index is 1.56. The minimum absolute atomic E-state index is 0.0126. The zero-order valence-corrected chi connectivity index (χ0v) is 14.9. The molecule has 1 heterocycles. The van der Waals surface area contributed by atoms with E-state index in [1.807, 2.05) is 6.07 Å². The van der Waals surface area contributed by atoms with Crippen LogP contribution in [0.3, 0.4) is 0 Å². The molecule has 6 heteroatoms. The van der Waals surface area contributed by atoms with Crippen LogP contribution in [0.1, 0.15) is 31.2 Å². The van der Waals surface area contributed by atoms with Gasteiger partial charge in [-0.15, -0.1) is 0 Å². The van der Waals surface area contributed by atoms with Gasteiger partial charge in [0, 0.05) is 32.1 Å². The number of carbonyl (C=O) groups is 1. The number of ether oxygens (including phenoxy) is 1. The van der Waals surface area contributed by atoms with E-state index in [0.717, 1.165) is 56.8 Å². The highest BCUT2D eigenvalue weighted by molar-refractivity contribution is 5.80. The van der Waals surface area contributed by atoms with E-state index in [9.17, 15) is 9.18 Å². The highest BCUT2D eigenvalue weighted by atomic mass is 19.1. The lowest BCUT2D eigenvalue weighted by Gasteiger charge is -2.33. The van der Waals surface area contributed by atoms with Gasteiger partial charge in [-0.2, -0.15) is 0 Å². The molecule has 0 atom stereocenters. The number of hydrogen-bond acceptors (Lipinski definition) is 3. The summed E-state index contributed by atoms with van der Waals surface area (Å²) in [5.41, 5.74) is 1.07. The third kappa shape index (κ3) is 3.94. The third-order valence-corrected chi connectivity index (χ3v) is 5.42. The Hall–Kier alpha value is -2.11. The van der Waals surface area contributed by atoms with Crippen molar-refractivity contribution in [1.29, 1.82) is 0 Å². The van der Waals surface area contributed by atoms with Crippen LogP contribution in [0.5, 0.6) is 0 Å². The maximum Gasteiger partial charge on any atom is 0.308 e. The van der Waals surface area contributed by atoms with Crippen molar-refractivity contribution >= 4 is 11.9 Å². The number of nitrogens with one attached hydrogen (secondary N) is 1. The molecule has 1 aromatic rings. The molecule has 0 amide bonds. The molecular weight excluding hydrogens is 321 g/mol. The number of rotatable bonds is 4. The van der Waals surface area contributed by atoms with E-state index in [-0.39, 0.29) is 23.1 Å². The van der Waals surface area contributed by atoms with Crippen molar-refractivity contribution in [3.8, 4) is 0 Å². The van der Waals surface area contributed by atoms with Gasteiger partial charge in [-0.3, -0.25) is 9.79 Å². The molecule has 0 radical (unpaired) electrons. The number of piperidine rings is 1. The highest BCUT2D eigenvalue weighted by Crippen LogP contribution is 2.47. The predicted molar refractivity (Wildman–Crippen MR) is 95.0 cm³/mol. The van der Waals surface area contributed by atoms with Crippen molar-refractivity contribution < 1.29 is 13.9 Å². The molecule has 1 aliphatic heterocycles. The number of guanidine groups is 1. The third-order valence-electron chi connectivity index (χ3n) is 5.42. The van der Waals surface area contributed by atoms with Crippen LogP contribution in [0.25, 0.3) is 0 Å². The fourth-order valence-electron chi connectivity index (χ4n) is 3.61. The zero-order valence-electron chi connectivity index (χ0n) is 14.9. The molecule has 3 rings (SSSR count). The predicted octanol–water partition coefficient (Wildman–Crippen LogP) is 2.32. The number of carbonyl (C=O) groups excluding carboxylic acids is 1. The first-order valence-corrected chi connectivity index (χ1v) is 8.87. The van der Waals surface area contributed by atoms with Gasteiger partial charge < -0.3 is 15.0 Å². The van der Waals surface area contributed by atoms with Crippen LogP contribution in [0.2, 0.25) is 0 Å². The Morgan fingerprint density at radius 2 is 2.12 bits per heavy atom. The summed E-state index contributed by atoms with van der Waals surface area (Å²) in [6, 6.07) is 6.90. The zero-order chi connectivity index (χ0) is 17.9. The minimum Gasteiger partial charge on any atom is -0.469 e. The van der Waals surface area contributed by atoms with Gasteiger partial charge in [-0.25, -0.2) is 4.39 Å². The van der Waals surface area contributed by atoms with E-state index in [1.54, 1.807) is 19.2 Å². The largest absolute Gasteiger partial charge is 0.469 e. The van der Waals surface area contributed by atoms with E-state index in [4.69, 9.17) is 4.74 Å².